The third kappa shape index (κ3) is 3.09. The van der Waals surface area contributed by atoms with Crippen LogP contribution in [0.15, 0.2) is 22.8 Å². The SMILES string of the molecule is CC(C#N)N(C)Cc1ccc(Br)cn1. The van der Waals surface area contributed by atoms with Gasteiger partial charge in [-0.05, 0) is 42.0 Å². The number of pyridine rings is 1. The van der Waals surface area contributed by atoms with E-state index < -0.39 is 0 Å². The van der Waals surface area contributed by atoms with Gasteiger partial charge in [0.1, 0.15) is 0 Å². The van der Waals surface area contributed by atoms with Crippen LogP contribution in [0.5, 0.6) is 0 Å². The lowest BCUT2D eigenvalue weighted by molar-refractivity contribution is 0.291. The van der Waals surface area contributed by atoms with Gasteiger partial charge < -0.3 is 0 Å². The maximum Gasteiger partial charge on any atom is 0.0950 e. The van der Waals surface area contributed by atoms with Crippen LogP contribution in [0.3, 0.4) is 0 Å². The lowest BCUT2D eigenvalue weighted by Gasteiger charge is -2.17. The number of aromatic nitrogens is 1. The van der Waals surface area contributed by atoms with E-state index in [9.17, 15) is 0 Å². The number of hydrogen-bond acceptors (Lipinski definition) is 3. The van der Waals surface area contributed by atoms with E-state index in [1.165, 1.54) is 0 Å². The van der Waals surface area contributed by atoms with Gasteiger partial charge in [-0.1, -0.05) is 0 Å². The van der Waals surface area contributed by atoms with Gasteiger partial charge in [-0.3, -0.25) is 9.88 Å². The zero-order valence-corrected chi connectivity index (χ0v) is 9.82. The summed E-state index contributed by atoms with van der Waals surface area (Å²) in [6.07, 6.45) is 1.76. The van der Waals surface area contributed by atoms with Crippen LogP contribution in [-0.4, -0.2) is 23.0 Å². The molecule has 0 N–H and O–H groups in total. The molecule has 1 aromatic rings. The minimum Gasteiger partial charge on any atom is -0.285 e. The second-order valence-electron chi connectivity index (χ2n) is 3.19. The molecule has 0 aliphatic carbocycles. The van der Waals surface area contributed by atoms with Gasteiger partial charge in [0.05, 0.1) is 17.8 Å². The molecule has 1 rings (SSSR count). The Bertz CT molecular complexity index is 328. The first-order valence-electron chi connectivity index (χ1n) is 4.33. The minimum atomic E-state index is -0.0829. The van der Waals surface area contributed by atoms with Crippen molar-refractivity contribution in [3.63, 3.8) is 0 Å². The molecule has 1 heterocycles. The fourth-order valence-corrected chi connectivity index (χ4v) is 1.23. The Morgan fingerprint density at radius 1 is 1.64 bits per heavy atom. The van der Waals surface area contributed by atoms with Gasteiger partial charge in [0, 0.05) is 17.2 Å². The fraction of sp³-hybridized carbons (Fsp3) is 0.400. The Morgan fingerprint density at radius 3 is 2.86 bits per heavy atom. The van der Waals surface area contributed by atoms with Crippen LogP contribution in [0, 0.1) is 11.3 Å². The van der Waals surface area contributed by atoms with Crippen LogP contribution < -0.4 is 0 Å². The first-order valence-corrected chi connectivity index (χ1v) is 5.13. The van der Waals surface area contributed by atoms with Gasteiger partial charge in [0.2, 0.25) is 0 Å². The molecule has 1 unspecified atom stereocenters. The summed E-state index contributed by atoms with van der Waals surface area (Å²) in [6.45, 7) is 2.57. The van der Waals surface area contributed by atoms with Crippen molar-refractivity contribution in [1.29, 1.82) is 5.26 Å². The Kier molecular flexibility index (Phi) is 4.05. The molecule has 0 aliphatic rings. The van der Waals surface area contributed by atoms with Gasteiger partial charge >= 0.3 is 0 Å². The van der Waals surface area contributed by atoms with Crippen LogP contribution in [0.1, 0.15) is 12.6 Å². The summed E-state index contributed by atoms with van der Waals surface area (Å²) in [5.74, 6) is 0. The molecule has 0 spiro atoms. The van der Waals surface area contributed by atoms with Gasteiger partial charge in [0.25, 0.3) is 0 Å². The van der Waals surface area contributed by atoms with Crippen molar-refractivity contribution >= 4 is 15.9 Å². The summed E-state index contributed by atoms with van der Waals surface area (Å²) in [5.41, 5.74) is 0.970. The number of nitriles is 1. The molecule has 74 valence electrons. The van der Waals surface area contributed by atoms with E-state index in [-0.39, 0.29) is 6.04 Å². The second-order valence-corrected chi connectivity index (χ2v) is 4.10. The summed E-state index contributed by atoms with van der Waals surface area (Å²) in [6, 6.07) is 6.00. The monoisotopic (exact) mass is 253 g/mol. The smallest absolute Gasteiger partial charge is 0.0950 e. The number of nitrogens with zero attached hydrogens (tertiary/aromatic N) is 3. The molecular weight excluding hydrogens is 242 g/mol. The Morgan fingerprint density at radius 2 is 2.36 bits per heavy atom. The Balaban J connectivity index is 2.61. The van der Waals surface area contributed by atoms with Crippen LogP contribution in [-0.2, 0) is 6.54 Å². The topological polar surface area (TPSA) is 39.9 Å². The average molecular weight is 254 g/mol. The first-order chi connectivity index (χ1) is 6.63. The molecule has 1 aromatic heterocycles. The molecule has 0 amide bonds. The molecule has 0 saturated heterocycles. The molecule has 0 aliphatic heterocycles. The summed E-state index contributed by atoms with van der Waals surface area (Å²) < 4.78 is 0.970. The highest BCUT2D eigenvalue weighted by Crippen LogP contribution is 2.09. The first kappa shape index (κ1) is 11.2. The Labute approximate surface area is 92.5 Å². The van der Waals surface area contributed by atoms with Crippen molar-refractivity contribution in [3.8, 4) is 6.07 Å². The summed E-state index contributed by atoms with van der Waals surface area (Å²) in [4.78, 5) is 6.19. The maximum absolute atomic E-state index is 8.71. The predicted octanol–water partition coefficient (Wildman–Crippen LogP) is 2.19. The largest absolute Gasteiger partial charge is 0.285 e. The summed E-state index contributed by atoms with van der Waals surface area (Å²) in [7, 11) is 1.91. The molecule has 0 aromatic carbocycles. The molecule has 1 atom stereocenters. The van der Waals surface area contributed by atoms with Gasteiger partial charge in [-0.25, -0.2) is 0 Å². The molecule has 14 heavy (non-hydrogen) atoms. The summed E-state index contributed by atoms with van der Waals surface area (Å²) in [5, 5.41) is 8.71. The molecular formula is C10H12BrN3. The average Bonchev–Trinajstić information content (AvgIpc) is 2.20. The second kappa shape index (κ2) is 5.08. The van der Waals surface area contributed by atoms with Crippen molar-refractivity contribution < 1.29 is 0 Å². The van der Waals surface area contributed by atoms with Gasteiger partial charge in [-0.15, -0.1) is 0 Å². The normalized spacial score (nSPS) is 12.5. The lowest BCUT2D eigenvalue weighted by atomic mass is 10.3. The van der Waals surface area contributed by atoms with E-state index in [4.69, 9.17) is 5.26 Å². The summed E-state index contributed by atoms with van der Waals surface area (Å²) >= 11 is 3.33. The van der Waals surface area contributed by atoms with E-state index >= 15 is 0 Å². The van der Waals surface area contributed by atoms with Crippen molar-refractivity contribution in [2.45, 2.75) is 19.5 Å². The van der Waals surface area contributed by atoms with Crippen LogP contribution in [0.25, 0.3) is 0 Å². The van der Waals surface area contributed by atoms with Crippen LogP contribution in [0.4, 0.5) is 0 Å². The van der Waals surface area contributed by atoms with Gasteiger partial charge in [-0.2, -0.15) is 5.26 Å². The van der Waals surface area contributed by atoms with Crippen molar-refractivity contribution in [1.82, 2.24) is 9.88 Å². The van der Waals surface area contributed by atoms with Crippen LogP contribution >= 0.6 is 15.9 Å². The highest BCUT2D eigenvalue weighted by Gasteiger charge is 2.08. The highest BCUT2D eigenvalue weighted by atomic mass is 79.9. The van der Waals surface area contributed by atoms with Gasteiger partial charge in [0.15, 0.2) is 0 Å². The predicted molar refractivity (Wildman–Crippen MR) is 58.5 cm³/mol. The third-order valence-corrected chi connectivity index (χ3v) is 2.52. The number of hydrogen-bond donors (Lipinski definition) is 0. The Hall–Kier alpha value is -0.920. The van der Waals surface area contributed by atoms with E-state index in [0.717, 1.165) is 10.2 Å². The zero-order chi connectivity index (χ0) is 10.6. The molecule has 0 fully saturated rings. The third-order valence-electron chi connectivity index (χ3n) is 2.05. The van der Waals surface area contributed by atoms with Crippen molar-refractivity contribution in [2.24, 2.45) is 0 Å². The fourth-order valence-electron chi connectivity index (χ4n) is 0.991. The minimum absolute atomic E-state index is 0.0829. The van der Waals surface area contributed by atoms with E-state index in [1.54, 1.807) is 6.20 Å². The van der Waals surface area contributed by atoms with Crippen LogP contribution in [0.2, 0.25) is 0 Å². The molecule has 0 bridgehead atoms. The standard InChI is InChI=1S/C10H12BrN3/c1-8(5-12)14(2)7-10-4-3-9(11)6-13-10/h3-4,6,8H,7H2,1-2H3. The quantitative estimate of drug-likeness (QED) is 0.830. The van der Waals surface area contributed by atoms with E-state index in [0.29, 0.717) is 6.54 Å². The molecule has 0 radical (unpaired) electrons. The van der Waals surface area contributed by atoms with E-state index in [2.05, 4.69) is 27.0 Å². The number of halogens is 1. The molecule has 3 nitrogen and oxygen atoms in total. The molecule has 0 saturated carbocycles. The zero-order valence-electron chi connectivity index (χ0n) is 8.24. The van der Waals surface area contributed by atoms with Crippen molar-refractivity contribution in [2.75, 3.05) is 7.05 Å². The highest BCUT2D eigenvalue weighted by molar-refractivity contribution is 9.10. The maximum atomic E-state index is 8.71. The number of rotatable bonds is 3. The molecule has 4 heteroatoms. The van der Waals surface area contributed by atoms with E-state index in [1.807, 2.05) is 31.0 Å². The van der Waals surface area contributed by atoms with Crippen molar-refractivity contribution in [3.05, 3.63) is 28.5 Å². The lowest BCUT2D eigenvalue weighted by Crippen LogP contribution is -2.27.